The van der Waals surface area contributed by atoms with E-state index in [9.17, 15) is 14.7 Å². The predicted octanol–water partition coefficient (Wildman–Crippen LogP) is 6.94. The molecular weight excluding hydrogens is 573 g/mol. The number of halogens is 2. The largest absolute Gasteiger partial charge is 0.507 e. The van der Waals surface area contributed by atoms with E-state index in [0.717, 1.165) is 10.3 Å². The third-order valence-corrected chi connectivity index (χ3v) is 8.33. The topological polar surface area (TPSA) is 102 Å². The molecule has 4 aromatic rings. The Bertz CT molecular complexity index is 1700. The van der Waals surface area contributed by atoms with Gasteiger partial charge in [0.25, 0.3) is 5.78 Å². The van der Waals surface area contributed by atoms with Crippen LogP contribution >= 0.6 is 34.5 Å². The summed E-state index contributed by atoms with van der Waals surface area (Å²) in [6.07, 6.45) is 3.11. The minimum atomic E-state index is -1.03. The summed E-state index contributed by atoms with van der Waals surface area (Å²) in [4.78, 5) is 37.4. The number of aliphatic hydroxyl groups excluding tert-OH is 1. The van der Waals surface area contributed by atoms with Crippen molar-refractivity contribution in [1.29, 1.82) is 0 Å². The van der Waals surface area contributed by atoms with Crippen molar-refractivity contribution in [1.82, 2.24) is 9.97 Å². The van der Waals surface area contributed by atoms with Crippen LogP contribution in [0.2, 0.25) is 10.0 Å². The summed E-state index contributed by atoms with van der Waals surface area (Å²) in [6, 6.07) is 9.70. The highest BCUT2D eigenvalue weighted by Gasteiger charge is 2.48. The third kappa shape index (κ3) is 4.58. The zero-order valence-electron chi connectivity index (χ0n) is 22.3. The second-order valence-electron chi connectivity index (χ2n) is 10.2. The van der Waals surface area contributed by atoms with Crippen LogP contribution in [0.15, 0.2) is 54.4 Å². The van der Waals surface area contributed by atoms with Crippen LogP contribution in [-0.2, 0) is 15.0 Å². The lowest BCUT2D eigenvalue weighted by Crippen LogP contribution is -2.29. The van der Waals surface area contributed by atoms with E-state index in [-0.39, 0.29) is 38.1 Å². The molecule has 0 spiro atoms. The zero-order chi connectivity index (χ0) is 28.9. The number of aliphatic hydroxyl groups is 1. The lowest BCUT2D eigenvalue weighted by molar-refractivity contribution is -0.132. The number of fused-ring (bicyclic) bond motifs is 1. The molecular formula is C29H25Cl2N3O5S. The van der Waals surface area contributed by atoms with E-state index >= 15 is 0 Å². The highest BCUT2D eigenvalue weighted by Crippen LogP contribution is 2.48. The monoisotopic (exact) mass is 597 g/mol. The van der Waals surface area contributed by atoms with Crippen LogP contribution in [0.25, 0.3) is 16.0 Å². The van der Waals surface area contributed by atoms with Gasteiger partial charge < -0.3 is 14.6 Å². The maximum absolute atomic E-state index is 13.6. The average Bonchev–Trinajstić information content (AvgIpc) is 3.46. The second-order valence-corrected chi connectivity index (χ2v) is 12.0. The number of carbonyl (C=O) groups excluding carboxylic acids is 2. The molecule has 206 valence electrons. The highest BCUT2D eigenvalue weighted by atomic mass is 35.5. The summed E-state index contributed by atoms with van der Waals surface area (Å²) in [5.74, 6) is -2.06. The van der Waals surface area contributed by atoms with Gasteiger partial charge in [0.1, 0.15) is 10.8 Å². The van der Waals surface area contributed by atoms with Crippen molar-refractivity contribution >= 4 is 67.3 Å². The molecule has 11 heteroatoms. The van der Waals surface area contributed by atoms with Gasteiger partial charge in [-0.1, -0.05) is 67.4 Å². The number of pyridine rings is 1. The maximum Gasteiger partial charge on any atom is 0.301 e. The number of aromatic nitrogens is 2. The molecule has 3 heterocycles. The molecule has 1 saturated heterocycles. The summed E-state index contributed by atoms with van der Waals surface area (Å²) in [5.41, 5.74) is 2.07. The number of carbonyl (C=O) groups is 2. The van der Waals surface area contributed by atoms with E-state index in [1.165, 1.54) is 42.7 Å². The van der Waals surface area contributed by atoms with Crippen molar-refractivity contribution in [2.75, 3.05) is 19.1 Å². The Morgan fingerprint density at radius 1 is 1.07 bits per heavy atom. The van der Waals surface area contributed by atoms with Crippen LogP contribution in [0.4, 0.5) is 5.13 Å². The summed E-state index contributed by atoms with van der Waals surface area (Å²) in [6.45, 7) is 6.34. The number of ether oxygens (including phenoxy) is 2. The number of hydrogen-bond donors (Lipinski definition) is 1. The first kappa shape index (κ1) is 27.9. The molecule has 0 radical (unpaired) electrons. The van der Waals surface area contributed by atoms with Crippen molar-refractivity contribution in [3.05, 3.63) is 81.1 Å². The van der Waals surface area contributed by atoms with Gasteiger partial charge in [-0.3, -0.25) is 19.5 Å². The molecule has 1 fully saturated rings. The number of methoxy groups -OCH3 is 2. The SMILES string of the molecule is COc1c(Cl)cc(/C(O)=C2\C(=O)C(=O)N(c3nc4ccc(C(C)(C)C)cc4s3)C2c2cccnc2)c(OC)c1Cl. The van der Waals surface area contributed by atoms with Gasteiger partial charge in [-0.15, -0.1) is 0 Å². The fraction of sp³-hybridized carbons (Fsp3) is 0.241. The molecule has 1 aliphatic rings. The Morgan fingerprint density at radius 2 is 1.80 bits per heavy atom. The van der Waals surface area contributed by atoms with Gasteiger partial charge in [0.15, 0.2) is 16.6 Å². The number of hydrogen-bond acceptors (Lipinski definition) is 8. The Kier molecular flexibility index (Phi) is 7.24. The van der Waals surface area contributed by atoms with Crippen molar-refractivity contribution in [2.24, 2.45) is 0 Å². The molecule has 0 aliphatic carbocycles. The molecule has 1 N–H and O–H groups in total. The first-order valence-electron chi connectivity index (χ1n) is 12.2. The van der Waals surface area contributed by atoms with Gasteiger partial charge in [-0.2, -0.15) is 0 Å². The van der Waals surface area contributed by atoms with Gasteiger partial charge in [0, 0.05) is 12.4 Å². The average molecular weight is 599 g/mol. The number of anilines is 1. The molecule has 0 saturated carbocycles. The maximum atomic E-state index is 13.6. The van der Waals surface area contributed by atoms with Crippen LogP contribution in [0, 0.1) is 0 Å². The summed E-state index contributed by atoms with van der Waals surface area (Å²) < 4.78 is 11.6. The van der Waals surface area contributed by atoms with E-state index in [1.807, 2.05) is 18.2 Å². The van der Waals surface area contributed by atoms with Crippen molar-refractivity contribution in [3.63, 3.8) is 0 Å². The van der Waals surface area contributed by atoms with E-state index in [2.05, 4.69) is 25.8 Å². The fourth-order valence-corrected chi connectivity index (χ4v) is 6.38. The number of benzene rings is 2. The smallest absolute Gasteiger partial charge is 0.301 e. The number of amides is 1. The highest BCUT2D eigenvalue weighted by molar-refractivity contribution is 7.22. The Hall–Kier alpha value is -3.66. The molecule has 2 aromatic heterocycles. The number of Topliss-reactive ketones (excluding diaryl/α,β-unsaturated/α-hetero) is 1. The quantitative estimate of drug-likeness (QED) is 0.151. The Morgan fingerprint density at radius 3 is 2.42 bits per heavy atom. The van der Waals surface area contributed by atoms with E-state index in [0.29, 0.717) is 16.2 Å². The zero-order valence-corrected chi connectivity index (χ0v) is 24.6. The molecule has 2 aromatic carbocycles. The van der Waals surface area contributed by atoms with Crippen molar-refractivity contribution in [2.45, 2.75) is 32.2 Å². The number of nitrogens with zero attached hydrogens (tertiary/aromatic N) is 3. The normalized spacial score (nSPS) is 17.1. The molecule has 1 atom stereocenters. The summed E-state index contributed by atoms with van der Waals surface area (Å²) in [5, 5.41) is 12.0. The standard InChI is InChI=1S/C29H25Cl2N3O5S/c1-29(2,3)15-8-9-18-19(11-15)40-28(33-18)34-22(14-7-6-10-32-13-14)20(24(36)27(34)37)23(35)16-12-17(30)26(39-5)21(31)25(16)38-4/h6-13,22,35H,1-5H3/b23-20+. The van der Waals surface area contributed by atoms with Crippen molar-refractivity contribution < 1.29 is 24.2 Å². The molecule has 1 unspecified atom stereocenters. The summed E-state index contributed by atoms with van der Waals surface area (Å²) >= 11 is 14.1. The van der Waals surface area contributed by atoms with Gasteiger partial charge in [0.05, 0.1) is 46.6 Å². The van der Waals surface area contributed by atoms with Crippen LogP contribution in [0.5, 0.6) is 11.5 Å². The van der Waals surface area contributed by atoms with Crippen molar-refractivity contribution in [3.8, 4) is 11.5 Å². The Balaban J connectivity index is 1.74. The molecule has 40 heavy (non-hydrogen) atoms. The second kappa shape index (κ2) is 10.4. The van der Waals surface area contributed by atoms with Crippen LogP contribution in [0.3, 0.4) is 0 Å². The van der Waals surface area contributed by atoms with Gasteiger partial charge >= 0.3 is 5.91 Å². The van der Waals surface area contributed by atoms with Crippen LogP contribution in [-0.4, -0.2) is 41.0 Å². The number of ketones is 1. The van der Waals surface area contributed by atoms with Gasteiger partial charge in [-0.25, -0.2) is 4.98 Å². The van der Waals surface area contributed by atoms with Crippen LogP contribution < -0.4 is 14.4 Å². The predicted molar refractivity (Wildman–Crippen MR) is 157 cm³/mol. The van der Waals surface area contributed by atoms with E-state index < -0.39 is 23.5 Å². The lowest BCUT2D eigenvalue weighted by atomic mass is 9.87. The minimum Gasteiger partial charge on any atom is -0.507 e. The van der Waals surface area contributed by atoms with E-state index in [1.54, 1.807) is 18.3 Å². The van der Waals surface area contributed by atoms with E-state index in [4.69, 9.17) is 37.7 Å². The third-order valence-electron chi connectivity index (χ3n) is 6.69. The Labute approximate surface area is 244 Å². The first-order valence-corrected chi connectivity index (χ1v) is 13.8. The molecule has 5 rings (SSSR count). The molecule has 1 aliphatic heterocycles. The fourth-order valence-electron chi connectivity index (χ4n) is 4.66. The first-order chi connectivity index (χ1) is 19.0. The summed E-state index contributed by atoms with van der Waals surface area (Å²) in [7, 11) is 2.75. The number of thiazole rings is 1. The molecule has 1 amide bonds. The lowest BCUT2D eigenvalue weighted by Gasteiger charge is -2.23. The molecule has 0 bridgehead atoms. The van der Waals surface area contributed by atoms with Crippen LogP contribution in [0.1, 0.15) is 43.5 Å². The van der Waals surface area contributed by atoms with Gasteiger partial charge in [0.2, 0.25) is 0 Å². The van der Waals surface area contributed by atoms with Gasteiger partial charge in [-0.05, 0) is 40.8 Å². The number of rotatable bonds is 5. The minimum absolute atomic E-state index is 0.00651. The molecule has 8 nitrogen and oxygen atoms in total.